The zero-order valence-electron chi connectivity index (χ0n) is 49.5. The van der Waals surface area contributed by atoms with Gasteiger partial charge in [-0.05, 0) is 116 Å². The number of benzene rings is 2. The van der Waals surface area contributed by atoms with Crippen LogP contribution in [0.2, 0.25) is 10.0 Å². The van der Waals surface area contributed by atoms with E-state index in [1.807, 2.05) is 58.3 Å². The summed E-state index contributed by atoms with van der Waals surface area (Å²) in [4.78, 5) is 54.5. The Bertz CT molecular complexity index is 2120. The molecule has 2 aromatic carbocycles. The third kappa shape index (κ3) is 20.2. The van der Waals surface area contributed by atoms with E-state index < -0.39 is 24.4 Å². The van der Waals surface area contributed by atoms with Crippen LogP contribution in [0, 0.1) is 47.3 Å². The van der Waals surface area contributed by atoms with Crippen molar-refractivity contribution >= 4 is 47.2 Å². The summed E-state index contributed by atoms with van der Waals surface area (Å²) >= 11 is 12.7. The lowest BCUT2D eigenvalue weighted by Gasteiger charge is -2.43. The maximum atomic E-state index is 13.8. The summed E-state index contributed by atoms with van der Waals surface area (Å²) in [5.41, 5.74) is 1.93. The van der Waals surface area contributed by atoms with Gasteiger partial charge in [0.05, 0.1) is 70.7 Å². The van der Waals surface area contributed by atoms with Crippen LogP contribution in [0.1, 0.15) is 166 Å². The molecule has 6 fully saturated rings. The summed E-state index contributed by atoms with van der Waals surface area (Å²) in [6.45, 7) is 9.56. The fraction of sp³-hybridized carbons (Fsp3) is 0.750. The molecule has 4 aliphatic heterocycles. The van der Waals surface area contributed by atoms with Crippen molar-refractivity contribution in [2.45, 2.75) is 179 Å². The number of piperidine rings is 2. The van der Waals surface area contributed by atoms with Crippen molar-refractivity contribution in [2.24, 2.45) is 47.3 Å². The molecule has 2 saturated carbocycles. The van der Waals surface area contributed by atoms with Gasteiger partial charge in [-0.15, -0.1) is 0 Å². The highest BCUT2D eigenvalue weighted by Gasteiger charge is 2.43. The average Bonchev–Trinajstić information content (AvgIpc) is 4.06. The third-order valence-electron chi connectivity index (χ3n) is 18.5. The third-order valence-corrected chi connectivity index (χ3v) is 19.0. The van der Waals surface area contributed by atoms with Crippen LogP contribution in [0.5, 0.6) is 0 Å². The van der Waals surface area contributed by atoms with Crippen LogP contribution in [-0.4, -0.2) is 148 Å². The maximum absolute atomic E-state index is 13.8. The Morgan fingerprint density at radius 2 is 1.12 bits per heavy atom. The summed E-state index contributed by atoms with van der Waals surface area (Å²) in [7, 11) is 2.66. The Morgan fingerprint density at radius 3 is 1.52 bits per heavy atom. The number of hydrogen-bond donors (Lipinski definition) is 4. The van der Waals surface area contributed by atoms with E-state index in [2.05, 4.69) is 34.0 Å². The number of likely N-dealkylation sites (tertiary alicyclic amines) is 2. The first-order chi connectivity index (χ1) is 39.7. The van der Waals surface area contributed by atoms with Gasteiger partial charge in [0.15, 0.2) is 0 Å². The molecule has 4 amide bonds. The lowest BCUT2D eigenvalue weighted by molar-refractivity contribution is -0.184. The predicted molar refractivity (Wildman–Crippen MR) is 317 cm³/mol. The number of ether oxygens (including phenoxy) is 6. The Kier molecular flexibility index (Phi) is 27.6. The van der Waals surface area contributed by atoms with Gasteiger partial charge in [-0.1, -0.05) is 126 Å². The standard InChI is InChI=1S/2C32H49ClN2O6/c1-22-16-28(41-21-22)30(37)26(17-23-8-4-3-5-9-23)19-29(36)35-14-7-11-25(20-35)31(24-10-6-12-27(33)18-24)40-15-13-34-32(38)39-2;1-3-23-21-41-31(23)29(37)26(17-22-9-5-4-6-10-22)19-28(36)35-15-8-12-25(20-35)30(24-11-7-13-27(33)18-24)40-16-14-34-32(38)39-2/h6,10,12,18,22-23,25-26,28,30-31,37H,3-5,7-9,11,13-17,19-21H2,1-2H3,(H,34,38);7,11,13,18,22-23,25-26,29-31,37H,3-6,8-10,12,14-17,19-21H2,1-2H3,(H,34,38)/t22-,25+,26+,28-,30+,31-;23-,25+,26+,29+,30-,31-/m00/s1. The lowest BCUT2D eigenvalue weighted by Crippen LogP contribution is -2.51. The van der Waals surface area contributed by atoms with Crippen LogP contribution in [0.3, 0.4) is 0 Å². The second-order valence-electron chi connectivity index (χ2n) is 24.6. The van der Waals surface area contributed by atoms with Gasteiger partial charge >= 0.3 is 12.2 Å². The number of carbonyl (C=O) groups is 4. The van der Waals surface area contributed by atoms with Gasteiger partial charge < -0.3 is 59.1 Å². The number of aliphatic hydroxyl groups excluding tert-OH is 2. The van der Waals surface area contributed by atoms with E-state index in [1.165, 1.54) is 78.4 Å². The van der Waals surface area contributed by atoms with Crippen LogP contribution in [-0.2, 0) is 38.0 Å². The molecule has 460 valence electrons. The SMILES string of the molecule is CC[C@H]1CO[C@@H]1[C@H](O)[C@@H](CC(=O)N1CCC[C@@H]([C@@H](OCCNC(=O)OC)c2cccc(Cl)c2)C1)CC1CCCCC1.COC(=O)NCCO[C@@H](c1cccc(Cl)c1)[C@@H]1CCCN(C(=O)C[C@@H](CC2CCCCC2)[C@@H](O)[C@@H]2C[C@H](C)CO2)C1. The first-order valence-corrected chi connectivity index (χ1v) is 32.0. The number of nitrogens with zero attached hydrogens (tertiary/aromatic N) is 2. The van der Waals surface area contributed by atoms with E-state index in [0.717, 1.165) is 62.5 Å². The molecule has 12 atom stereocenters. The van der Waals surface area contributed by atoms with Crippen molar-refractivity contribution in [3.63, 3.8) is 0 Å². The minimum Gasteiger partial charge on any atom is -0.453 e. The van der Waals surface area contributed by atoms with Crippen LogP contribution >= 0.6 is 23.2 Å². The zero-order chi connectivity index (χ0) is 58.4. The highest BCUT2D eigenvalue weighted by molar-refractivity contribution is 6.30. The van der Waals surface area contributed by atoms with Crippen molar-refractivity contribution < 1.29 is 57.8 Å². The molecule has 8 rings (SSSR count). The quantitative estimate of drug-likeness (QED) is 0.0688. The summed E-state index contributed by atoms with van der Waals surface area (Å²) in [6.07, 6.45) is 17.2. The van der Waals surface area contributed by atoms with Gasteiger partial charge in [-0.25, -0.2) is 9.59 Å². The fourth-order valence-electron chi connectivity index (χ4n) is 14.0. The van der Waals surface area contributed by atoms with Gasteiger partial charge in [-0.3, -0.25) is 9.59 Å². The molecule has 4 heterocycles. The van der Waals surface area contributed by atoms with Gasteiger partial charge in [0, 0.05) is 86.5 Å². The van der Waals surface area contributed by atoms with Gasteiger partial charge in [-0.2, -0.15) is 0 Å². The number of aliphatic hydroxyl groups is 2. The summed E-state index contributed by atoms with van der Waals surface area (Å²) in [5, 5.41) is 29.5. The number of halogens is 2. The Labute approximate surface area is 499 Å². The van der Waals surface area contributed by atoms with E-state index in [-0.39, 0.29) is 59.9 Å². The van der Waals surface area contributed by atoms with Crippen molar-refractivity contribution in [3.05, 3.63) is 69.7 Å². The van der Waals surface area contributed by atoms with Crippen molar-refractivity contribution in [2.75, 3.05) is 79.9 Å². The van der Waals surface area contributed by atoms with Crippen LogP contribution in [0.4, 0.5) is 9.59 Å². The molecule has 4 N–H and O–H groups in total. The van der Waals surface area contributed by atoms with Crippen molar-refractivity contribution in [1.29, 1.82) is 0 Å². The number of amides is 4. The van der Waals surface area contributed by atoms with E-state index >= 15 is 0 Å². The monoisotopic (exact) mass is 1180 g/mol. The molecule has 0 spiro atoms. The highest BCUT2D eigenvalue weighted by Crippen LogP contribution is 2.41. The lowest BCUT2D eigenvalue weighted by atomic mass is 9.76. The smallest absolute Gasteiger partial charge is 0.406 e. The molecule has 2 aliphatic carbocycles. The van der Waals surface area contributed by atoms with Gasteiger partial charge in [0.25, 0.3) is 0 Å². The molecule has 18 heteroatoms. The molecule has 0 aromatic heterocycles. The molecule has 4 saturated heterocycles. The number of rotatable bonds is 25. The minimum atomic E-state index is -0.615. The molecular formula is C64H98Cl2N4O12. The van der Waals surface area contributed by atoms with Crippen molar-refractivity contribution in [3.8, 4) is 0 Å². The molecule has 16 nitrogen and oxygen atoms in total. The summed E-state index contributed by atoms with van der Waals surface area (Å²) in [5.74, 6) is 2.17. The molecular weight excluding hydrogens is 1090 g/mol. The number of alkyl carbamates (subject to hydrolysis) is 2. The van der Waals surface area contributed by atoms with Gasteiger partial charge in [0.1, 0.15) is 0 Å². The molecule has 82 heavy (non-hydrogen) atoms. The van der Waals surface area contributed by atoms with Crippen LogP contribution < -0.4 is 10.6 Å². The second-order valence-corrected chi connectivity index (χ2v) is 25.5. The zero-order valence-corrected chi connectivity index (χ0v) is 51.1. The normalized spacial score (nSPS) is 25.7. The Morgan fingerprint density at radius 1 is 0.646 bits per heavy atom. The predicted octanol–water partition coefficient (Wildman–Crippen LogP) is 11.5. The summed E-state index contributed by atoms with van der Waals surface area (Å²) in [6, 6.07) is 15.3. The average molecular weight is 1190 g/mol. The van der Waals surface area contributed by atoms with E-state index in [4.69, 9.17) is 42.1 Å². The second kappa shape index (κ2) is 34.4. The molecule has 6 aliphatic rings. The molecule has 0 bridgehead atoms. The Hall–Kier alpha value is -3.74. The van der Waals surface area contributed by atoms with E-state index in [0.29, 0.717) is 112 Å². The van der Waals surface area contributed by atoms with Gasteiger partial charge in [0.2, 0.25) is 11.8 Å². The molecule has 0 unspecified atom stereocenters. The highest BCUT2D eigenvalue weighted by atomic mass is 35.5. The largest absolute Gasteiger partial charge is 0.453 e. The summed E-state index contributed by atoms with van der Waals surface area (Å²) < 4.78 is 33.7. The minimum absolute atomic E-state index is 0.0880. The number of hydrogen-bond acceptors (Lipinski definition) is 12. The van der Waals surface area contributed by atoms with E-state index in [9.17, 15) is 29.4 Å². The van der Waals surface area contributed by atoms with Crippen LogP contribution in [0.25, 0.3) is 0 Å². The topological polar surface area (TPSA) is 195 Å². The van der Waals surface area contributed by atoms with E-state index in [1.54, 1.807) is 0 Å². The number of methoxy groups -OCH3 is 2. The maximum Gasteiger partial charge on any atom is 0.406 e. The first kappa shape index (κ1) is 65.8. The molecule has 0 radical (unpaired) electrons. The van der Waals surface area contributed by atoms with Crippen LogP contribution in [0.15, 0.2) is 48.5 Å². The van der Waals surface area contributed by atoms with Crippen molar-refractivity contribution in [1.82, 2.24) is 20.4 Å². The first-order valence-electron chi connectivity index (χ1n) is 31.3. The number of nitrogens with one attached hydrogen (secondary N) is 2. The Balaban J connectivity index is 0.000000236. The molecule has 2 aromatic rings. The number of carbonyl (C=O) groups excluding carboxylic acids is 4. The fourth-order valence-corrected chi connectivity index (χ4v) is 14.4.